The van der Waals surface area contributed by atoms with Crippen LogP contribution in [0.3, 0.4) is 0 Å². The predicted octanol–water partition coefficient (Wildman–Crippen LogP) is 2.21. The monoisotopic (exact) mass is 278 g/mol. The standard InChI is InChI=1S/C15H26N4O/c1-3-5-13-17-14(16-8-4-2)11-15(18-13)19-9-6-12(20)7-10-19/h11-12,20H,3-10H2,1-2H3,(H,16,17,18). The molecule has 0 amide bonds. The van der Waals surface area contributed by atoms with Gasteiger partial charge in [-0.05, 0) is 25.7 Å². The molecular weight excluding hydrogens is 252 g/mol. The van der Waals surface area contributed by atoms with E-state index in [-0.39, 0.29) is 6.10 Å². The van der Waals surface area contributed by atoms with Gasteiger partial charge in [-0.3, -0.25) is 0 Å². The number of aryl methyl sites for hydroxylation is 1. The van der Waals surface area contributed by atoms with Gasteiger partial charge in [0.2, 0.25) is 0 Å². The highest BCUT2D eigenvalue weighted by atomic mass is 16.3. The van der Waals surface area contributed by atoms with Gasteiger partial charge in [0, 0.05) is 32.1 Å². The highest BCUT2D eigenvalue weighted by molar-refractivity contribution is 5.49. The van der Waals surface area contributed by atoms with Crippen LogP contribution in [0.4, 0.5) is 11.6 Å². The maximum atomic E-state index is 9.61. The van der Waals surface area contributed by atoms with Crippen molar-refractivity contribution in [2.45, 2.75) is 52.1 Å². The van der Waals surface area contributed by atoms with Crippen molar-refractivity contribution in [2.24, 2.45) is 0 Å². The molecule has 0 aromatic carbocycles. The fraction of sp³-hybridized carbons (Fsp3) is 0.733. The van der Waals surface area contributed by atoms with Gasteiger partial charge < -0.3 is 15.3 Å². The zero-order chi connectivity index (χ0) is 14.4. The maximum absolute atomic E-state index is 9.61. The van der Waals surface area contributed by atoms with E-state index in [2.05, 4.69) is 34.0 Å². The van der Waals surface area contributed by atoms with Crippen molar-refractivity contribution in [1.82, 2.24) is 9.97 Å². The minimum Gasteiger partial charge on any atom is -0.393 e. The van der Waals surface area contributed by atoms with E-state index in [9.17, 15) is 5.11 Å². The van der Waals surface area contributed by atoms with Crippen LogP contribution in [0.15, 0.2) is 6.07 Å². The molecule has 0 atom stereocenters. The molecule has 112 valence electrons. The number of aliphatic hydroxyl groups excluding tert-OH is 1. The fourth-order valence-corrected chi connectivity index (χ4v) is 2.42. The van der Waals surface area contributed by atoms with Crippen LogP contribution in [0.5, 0.6) is 0 Å². The summed E-state index contributed by atoms with van der Waals surface area (Å²) in [6.07, 6.45) is 4.54. The number of aliphatic hydroxyl groups is 1. The molecule has 1 aliphatic rings. The van der Waals surface area contributed by atoms with E-state index in [1.54, 1.807) is 0 Å². The number of hydrogen-bond acceptors (Lipinski definition) is 5. The summed E-state index contributed by atoms with van der Waals surface area (Å²) in [6.45, 7) is 6.97. The highest BCUT2D eigenvalue weighted by Crippen LogP contribution is 2.21. The average Bonchev–Trinajstić information content (AvgIpc) is 2.46. The van der Waals surface area contributed by atoms with E-state index in [1.807, 2.05) is 6.07 Å². The van der Waals surface area contributed by atoms with Crippen LogP contribution < -0.4 is 10.2 Å². The van der Waals surface area contributed by atoms with Crippen molar-refractivity contribution in [1.29, 1.82) is 0 Å². The lowest BCUT2D eigenvalue weighted by atomic mass is 10.1. The van der Waals surface area contributed by atoms with Gasteiger partial charge in [-0.1, -0.05) is 13.8 Å². The Hall–Kier alpha value is -1.36. The minimum absolute atomic E-state index is 0.152. The first kappa shape index (κ1) is 15.0. The van der Waals surface area contributed by atoms with E-state index >= 15 is 0 Å². The summed E-state index contributed by atoms with van der Waals surface area (Å²) >= 11 is 0. The van der Waals surface area contributed by atoms with E-state index in [0.29, 0.717) is 0 Å². The van der Waals surface area contributed by atoms with Crippen molar-refractivity contribution in [3.8, 4) is 0 Å². The Bertz CT molecular complexity index is 416. The summed E-state index contributed by atoms with van der Waals surface area (Å²) < 4.78 is 0. The molecule has 1 fully saturated rings. The van der Waals surface area contributed by atoms with Crippen molar-refractivity contribution >= 4 is 11.6 Å². The molecule has 20 heavy (non-hydrogen) atoms. The van der Waals surface area contributed by atoms with Crippen molar-refractivity contribution in [3.63, 3.8) is 0 Å². The summed E-state index contributed by atoms with van der Waals surface area (Å²) in [5.74, 6) is 2.83. The number of hydrogen-bond donors (Lipinski definition) is 2. The Balaban J connectivity index is 2.15. The summed E-state index contributed by atoms with van der Waals surface area (Å²) in [6, 6.07) is 2.03. The molecule has 0 aliphatic carbocycles. The largest absolute Gasteiger partial charge is 0.393 e. The van der Waals surface area contributed by atoms with Crippen LogP contribution in [0.1, 0.15) is 45.4 Å². The Labute approximate surface area is 121 Å². The average molecular weight is 278 g/mol. The van der Waals surface area contributed by atoms with Gasteiger partial charge in [0.25, 0.3) is 0 Å². The first-order valence-electron chi connectivity index (χ1n) is 7.77. The molecular formula is C15H26N4O. The number of nitrogens with zero attached hydrogens (tertiary/aromatic N) is 3. The van der Waals surface area contributed by atoms with E-state index in [0.717, 1.165) is 69.2 Å². The molecule has 2 rings (SSSR count). The lowest BCUT2D eigenvalue weighted by molar-refractivity contribution is 0.145. The van der Waals surface area contributed by atoms with Crippen LogP contribution in [-0.2, 0) is 6.42 Å². The Morgan fingerprint density at radius 1 is 1.25 bits per heavy atom. The van der Waals surface area contributed by atoms with Crippen molar-refractivity contribution in [2.75, 3.05) is 29.9 Å². The Morgan fingerprint density at radius 3 is 2.65 bits per heavy atom. The number of anilines is 2. The van der Waals surface area contributed by atoms with Crippen LogP contribution >= 0.6 is 0 Å². The summed E-state index contributed by atoms with van der Waals surface area (Å²) in [5, 5.41) is 13.0. The topological polar surface area (TPSA) is 61.3 Å². The third kappa shape index (κ3) is 4.07. The van der Waals surface area contributed by atoms with Gasteiger partial charge in [0.05, 0.1) is 6.10 Å². The smallest absolute Gasteiger partial charge is 0.134 e. The molecule has 0 bridgehead atoms. The molecule has 5 nitrogen and oxygen atoms in total. The zero-order valence-electron chi connectivity index (χ0n) is 12.6. The normalized spacial score (nSPS) is 16.4. The molecule has 5 heteroatoms. The SMILES string of the molecule is CCCNc1cc(N2CCC(O)CC2)nc(CCC)n1. The molecule has 0 saturated carbocycles. The molecule has 1 aromatic rings. The zero-order valence-corrected chi connectivity index (χ0v) is 12.6. The maximum Gasteiger partial charge on any atom is 0.134 e. The van der Waals surface area contributed by atoms with Gasteiger partial charge >= 0.3 is 0 Å². The summed E-state index contributed by atoms with van der Waals surface area (Å²) in [7, 11) is 0. The Kier molecular flexibility index (Phi) is 5.59. The second-order valence-corrected chi connectivity index (χ2v) is 5.42. The molecule has 1 saturated heterocycles. The number of nitrogens with one attached hydrogen (secondary N) is 1. The van der Waals surface area contributed by atoms with E-state index < -0.39 is 0 Å². The lowest BCUT2D eigenvalue weighted by Gasteiger charge is -2.30. The molecule has 0 radical (unpaired) electrons. The third-order valence-electron chi connectivity index (χ3n) is 3.58. The summed E-state index contributed by atoms with van der Waals surface area (Å²) in [5.41, 5.74) is 0. The molecule has 2 N–H and O–H groups in total. The Morgan fingerprint density at radius 2 is 2.00 bits per heavy atom. The lowest BCUT2D eigenvalue weighted by Crippen LogP contribution is -2.36. The second-order valence-electron chi connectivity index (χ2n) is 5.42. The van der Waals surface area contributed by atoms with Crippen LogP contribution in [-0.4, -0.2) is 40.8 Å². The molecule has 1 aliphatic heterocycles. The van der Waals surface area contributed by atoms with E-state index in [4.69, 9.17) is 0 Å². The second kappa shape index (κ2) is 7.43. The summed E-state index contributed by atoms with van der Waals surface area (Å²) in [4.78, 5) is 11.5. The predicted molar refractivity (Wildman–Crippen MR) is 82.3 cm³/mol. The molecule has 1 aromatic heterocycles. The van der Waals surface area contributed by atoms with Crippen molar-refractivity contribution in [3.05, 3.63) is 11.9 Å². The molecule has 0 spiro atoms. The van der Waals surface area contributed by atoms with Gasteiger partial charge in [-0.15, -0.1) is 0 Å². The van der Waals surface area contributed by atoms with Crippen LogP contribution in [0.2, 0.25) is 0 Å². The van der Waals surface area contributed by atoms with Crippen molar-refractivity contribution < 1.29 is 5.11 Å². The number of piperidine rings is 1. The van der Waals surface area contributed by atoms with E-state index in [1.165, 1.54) is 0 Å². The highest BCUT2D eigenvalue weighted by Gasteiger charge is 2.19. The molecule has 0 unspecified atom stereocenters. The van der Waals surface area contributed by atoms with Crippen LogP contribution in [0, 0.1) is 0 Å². The van der Waals surface area contributed by atoms with Gasteiger partial charge in [-0.25, -0.2) is 9.97 Å². The first-order valence-corrected chi connectivity index (χ1v) is 7.77. The molecule has 2 heterocycles. The van der Waals surface area contributed by atoms with Crippen LogP contribution in [0.25, 0.3) is 0 Å². The fourth-order valence-electron chi connectivity index (χ4n) is 2.42. The minimum atomic E-state index is -0.152. The quantitative estimate of drug-likeness (QED) is 0.835. The number of rotatable bonds is 6. The number of aromatic nitrogens is 2. The third-order valence-corrected chi connectivity index (χ3v) is 3.58. The first-order chi connectivity index (χ1) is 9.72. The van der Waals surface area contributed by atoms with Gasteiger partial charge in [-0.2, -0.15) is 0 Å². The van der Waals surface area contributed by atoms with Gasteiger partial charge in [0.1, 0.15) is 17.5 Å². The van der Waals surface area contributed by atoms with Gasteiger partial charge in [0.15, 0.2) is 0 Å².